The second kappa shape index (κ2) is 7.29. The normalized spacial score (nSPS) is 15.8. The number of rotatable bonds is 4. The maximum absolute atomic E-state index is 12.6. The van der Waals surface area contributed by atoms with Crippen molar-refractivity contribution in [1.82, 2.24) is 9.97 Å². The molecule has 0 bridgehead atoms. The van der Waals surface area contributed by atoms with Crippen molar-refractivity contribution >= 4 is 17.5 Å². The number of nitrogens with zero attached hydrogens (tertiary/aromatic N) is 2. The van der Waals surface area contributed by atoms with Crippen LogP contribution in [0.2, 0.25) is 0 Å². The van der Waals surface area contributed by atoms with Crippen molar-refractivity contribution in [3.63, 3.8) is 0 Å². The lowest BCUT2D eigenvalue weighted by molar-refractivity contribution is -0.137. The Morgan fingerprint density at radius 3 is 2.32 bits per heavy atom. The smallest absolute Gasteiger partial charge is 0.351 e. The first-order valence-corrected chi connectivity index (χ1v) is 8.47. The van der Waals surface area contributed by atoms with Gasteiger partial charge in [-0.2, -0.15) is 18.2 Å². The summed E-state index contributed by atoms with van der Waals surface area (Å²) >= 11 is 0. The number of hydrogen-bond acceptors (Lipinski definition) is 4. The topological polar surface area (TPSA) is 49.8 Å². The van der Waals surface area contributed by atoms with Gasteiger partial charge in [-0.1, -0.05) is 19.3 Å². The molecule has 0 atom stereocenters. The Kier molecular flexibility index (Phi) is 5.11. The highest BCUT2D eigenvalue weighted by molar-refractivity contribution is 5.58. The molecule has 0 unspecified atom stereocenters. The molecule has 0 aliphatic heterocycles. The van der Waals surface area contributed by atoms with Crippen LogP contribution in [0.15, 0.2) is 30.3 Å². The molecule has 0 spiro atoms. The molecular weight excluding hydrogens is 329 g/mol. The zero-order chi connectivity index (χ0) is 17.9. The third kappa shape index (κ3) is 4.84. The fourth-order valence-electron chi connectivity index (χ4n) is 3.02. The third-order valence-electron chi connectivity index (χ3n) is 4.28. The molecule has 1 aromatic carbocycles. The zero-order valence-electron chi connectivity index (χ0n) is 14.0. The van der Waals surface area contributed by atoms with E-state index >= 15 is 0 Å². The predicted molar refractivity (Wildman–Crippen MR) is 92.0 cm³/mol. The summed E-state index contributed by atoms with van der Waals surface area (Å²) in [6, 6.07) is 7.05. The lowest BCUT2D eigenvalue weighted by atomic mass is 9.96. The maximum Gasteiger partial charge on any atom is 0.416 e. The van der Waals surface area contributed by atoms with Crippen LogP contribution in [-0.2, 0) is 6.18 Å². The van der Waals surface area contributed by atoms with Gasteiger partial charge in [0, 0.05) is 23.5 Å². The van der Waals surface area contributed by atoms with Crippen molar-refractivity contribution < 1.29 is 13.2 Å². The van der Waals surface area contributed by atoms with E-state index in [4.69, 9.17) is 0 Å². The molecular formula is C18H21F3N4. The minimum absolute atomic E-state index is 0.384. The monoisotopic (exact) mass is 350 g/mol. The minimum Gasteiger partial charge on any atom is -0.351 e. The minimum atomic E-state index is -4.33. The molecule has 1 aliphatic carbocycles. The molecule has 1 heterocycles. The Balaban J connectivity index is 1.71. The zero-order valence-corrected chi connectivity index (χ0v) is 14.0. The number of hydrogen-bond donors (Lipinski definition) is 2. The first kappa shape index (κ1) is 17.5. The molecule has 0 amide bonds. The van der Waals surface area contributed by atoms with Crippen molar-refractivity contribution in [3.05, 3.63) is 41.6 Å². The molecule has 1 saturated carbocycles. The van der Waals surface area contributed by atoms with Crippen LogP contribution in [-0.4, -0.2) is 16.0 Å². The lowest BCUT2D eigenvalue weighted by Gasteiger charge is -2.23. The largest absolute Gasteiger partial charge is 0.416 e. The molecule has 1 aromatic heterocycles. The van der Waals surface area contributed by atoms with Crippen LogP contribution < -0.4 is 10.6 Å². The fourth-order valence-corrected chi connectivity index (χ4v) is 3.02. The number of nitrogens with one attached hydrogen (secondary N) is 2. The van der Waals surface area contributed by atoms with Gasteiger partial charge in [0.15, 0.2) is 0 Å². The van der Waals surface area contributed by atoms with Crippen molar-refractivity contribution in [2.75, 3.05) is 10.6 Å². The first-order chi connectivity index (χ1) is 11.9. The fraction of sp³-hybridized carbons (Fsp3) is 0.444. The predicted octanol–water partition coefficient (Wildman–Crippen LogP) is 5.29. The van der Waals surface area contributed by atoms with Gasteiger partial charge in [-0.15, -0.1) is 0 Å². The second-order valence-corrected chi connectivity index (χ2v) is 6.40. The average molecular weight is 350 g/mol. The average Bonchev–Trinajstić information content (AvgIpc) is 2.55. The number of anilines is 3. The number of alkyl halides is 3. The number of halogens is 3. The summed E-state index contributed by atoms with van der Waals surface area (Å²) in [5.41, 5.74) is 0.675. The standard InChI is InChI=1S/C18H21F3N4/c1-12-11-16(23-15-9-7-13(8-10-15)18(19,20)21)25-17(22-12)24-14-5-3-2-4-6-14/h7-11,14H,2-6H2,1H3,(H2,22,23,24,25). The van der Waals surface area contributed by atoms with Crippen LogP contribution in [0.4, 0.5) is 30.6 Å². The summed E-state index contributed by atoms with van der Waals surface area (Å²) in [6.07, 6.45) is 1.58. The number of aryl methyl sites for hydroxylation is 1. The molecule has 134 valence electrons. The van der Waals surface area contributed by atoms with Gasteiger partial charge in [0.05, 0.1) is 5.56 Å². The first-order valence-electron chi connectivity index (χ1n) is 8.47. The van der Waals surface area contributed by atoms with Gasteiger partial charge in [-0.25, -0.2) is 4.98 Å². The van der Waals surface area contributed by atoms with Gasteiger partial charge in [-0.3, -0.25) is 0 Å². The molecule has 0 saturated heterocycles. The van der Waals surface area contributed by atoms with Gasteiger partial charge in [0.25, 0.3) is 0 Å². The van der Waals surface area contributed by atoms with Crippen LogP contribution in [0.5, 0.6) is 0 Å². The lowest BCUT2D eigenvalue weighted by Crippen LogP contribution is -2.23. The summed E-state index contributed by atoms with van der Waals surface area (Å²) in [5, 5.41) is 6.41. The molecule has 25 heavy (non-hydrogen) atoms. The van der Waals surface area contributed by atoms with Gasteiger partial charge in [0.1, 0.15) is 5.82 Å². The van der Waals surface area contributed by atoms with Gasteiger partial charge >= 0.3 is 6.18 Å². The van der Waals surface area contributed by atoms with Gasteiger partial charge in [-0.05, 0) is 44.0 Å². The Hall–Kier alpha value is -2.31. The van der Waals surface area contributed by atoms with Gasteiger partial charge < -0.3 is 10.6 Å². The van der Waals surface area contributed by atoms with Crippen LogP contribution in [0.3, 0.4) is 0 Å². The van der Waals surface area contributed by atoms with Crippen molar-refractivity contribution in [3.8, 4) is 0 Å². The van der Waals surface area contributed by atoms with E-state index in [2.05, 4.69) is 20.6 Å². The SMILES string of the molecule is Cc1cc(Nc2ccc(C(F)(F)F)cc2)nc(NC2CCCCC2)n1. The van der Waals surface area contributed by atoms with Gasteiger partial charge in [0.2, 0.25) is 5.95 Å². The molecule has 1 fully saturated rings. The molecule has 2 aromatic rings. The summed E-state index contributed by atoms with van der Waals surface area (Å²) < 4.78 is 37.9. The van der Waals surface area contributed by atoms with E-state index in [-0.39, 0.29) is 0 Å². The maximum atomic E-state index is 12.6. The molecule has 2 N–H and O–H groups in total. The molecule has 1 aliphatic rings. The summed E-state index contributed by atoms with van der Waals surface area (Å²) in [7, 11) is 0. The van der Waals surface area contributed by atoms with E-state index < -0.39 is 11.7 Å². The van der Waals surface area contributed by atoms with Crippen LogP contribution in [0.25, 0.3) is 0 Å². The Morgan fingerprint density at radius 2 is 1.68 bits per heavy atom. The highest BCUT2D eigenvalue weighted by Gasteiger charge is 2.29. The summed E-state index contributed by atoms with van der Waals surface area (Å²) in [4.78, 5) is 8.84. The van der Waals surface area contributed by atoms with Crippen molar-refractivity contribution in [2.24, 2.45) is 0 Å². The molecule has 7 heteroatoms. The number of benzene rings is 1. The number of aromatic nitrogens is 2. The van der Waals surface area contributed by atoms with E-state index in [1.807, 2.05) is 6.92 Å². The molecule has 4 nitrogen and oxygen atoms in total. The Morgan fingerprint density at radius 1 is 1.00 bits per heavy atom. The van der Waals surface area contributed by atoms with Crippen LogP contribution >= 0.6 is 0 Å². The van der Waals surface area contributed by atoms with E-state index in [0.29, 0.717) is 23.5 Å². The summed E-state index contributed by atoms with van der Waals surface area (Å²) in [5.74, 6) is 1.12. The van der Waals surface area contributed by atoms with Crippen LogP contribution in [0, 0.1) is 6.92 Å². The van der Waals surface area contributed by atoms with E-state index in [0.717, 1.165) is 30.7 Å². The van der Waals surface area contributed by atoms with E-state index in [1.165, 1.54) is 31.4 Å². The molecule has 0 radical (unpaired) electrons. The van der Waals surface area contributed by atoms with Crippen LogP contribution in [0.1, 0.15) is 43.4 Å². The quantitative estimate of drug-likeness (QED) is 0.786. The van der Waals surface area contributed by atoms with E-state index in [9.17, 15) is 13.2 Å². The third-order valence-corrected chi connectivity index (χ3v) is 4.28. The highest BCUT2D eigenvalue weighted by Crippen LogP contribution is 2.30. The van der Waals surface area contributed by atoms with Crippen molar-refractivity contribution in [1.29, 1.82) is 0 Å². The Bertz CT molecular complexity index is 707. The summed E-state index contributed by atoms with van der Waals surface area (Å²) in [6.45, 7) is 1.87. The van der Waals surface area contributed by atoms with Crippen molar-refractivity contribution in [2.45, 2.75) is 51.2 Å². The van der Waals surface area contributed by atoms with E-state index in [1.54, 1.807) is 6.07 Å². The Labute approximate surface area is 144 Å². The highest BCUT2D eigenvalue weighted by atomic mass is 19.4. The molecule has 3 rings (SSSR count). The second-order valence-electron chi connectivity index (χ2n) is 6.40.